The van der Waals surface area contributed by atoms with Gasteiger partial charge >= 0.3 is 17.9 Å². The lowest BCUT2D eigenvalue weighted by atomic mass is 9.96. The van der Waals surface area contributed by atoms with Gasteiger partial charge in [-0.1, -0.05) is 0 Å². The topological polar surface area (TPSA) is 138 Å². The standard InChI is InChI=1S/C31H26O12/c1-4-35-23(32)9-10-38-28-18-13-22-21(41-15-42-22)12-17(18)24(30(33)36-5-2)29-25(28)26(31(34)37-6-3)27(43-29)16-7-8-19-20(11-16)40-14-39-19/h7-13H,4-6,14-15H2,1-3H3/b10-9+. The number of carbonyl (C=O) groups excluding carboxylic acids is 3. The zero-order valence-corrected chi connectivity index (χ0v) is 23.5. The van der Waals surface area contributed by atoms with Crippen molar-refractivity contribution in [2.45, 2.75) is 20.8 Å². The van der Waals surface area contributed by atoms with Crippen LogP contribution in [-0.2, 0) is 19.0 Å². The van der Waals surface area contributed by atoms with Crippen molar-refractivity contribution in [1.29, 1.82) is 0 Å². The van der Waals surface area contributed by atoms with Crippen molar-refractivity contribution in [3.05, 3.63) is 53.8 Å². The summed E-state index contributed by atoms with van der Waals surface area (Å²) >= 11 is 0. The van der Waals surface area contributed by atoms with Crippen molar-refractivity contribution in [2.24, 2.45) is 0 Å². The van der Waals surface area contributed by atoms with Gasteiger partial charge in [0.2, 0.25) is 13.6 Å². The van der Waals surface area contributed by atoms with Crippen LogP contribution in [0.1, 0.15) is 41.5 Å². The Morgan fingerprint density at radius 2 is 1.35 bits per heavy atom. The molecule has 0 radical (unpaired) electrons. The first kappa shape index (κ1) is 27.8. The largest absolute Gasteiger partial charge is 0.463 e. The van der Waals surface area contributed by atoms with E-state index in [0.717, 1.165) is 12.3 Å². The Labute approximate surface area is 244 Å². The summed E-state index contributed by atoms with van der Waals surface area (Å²) in [6.07, 6.45) is 2.22. The molecule has 0 amide bonds. The van der Waals surface area contributed by atoms with Crippen LogP contribution in [0.25, 0.3) is 33.1 Å². The lowest BCUT2D eigenvalue weighted by molar-refractivity contribution is -0.137. The molecule has 0 unspecified atom stereocenters. The zero-order chi connectivity index (χ0) is 30.1. The quantitative estimate of drug-likeness (QED) is 0.105. The van der Waals surface area contributed by atoms with Crippen molar-refractivity contribution < 1.29 is 56.7 Å². The monoisotopic (exact) mass is 590 g/mol. The van der Waals surface area contributed by atoms with Gasteiger partial charge in [-0.3, -0.25) is 0 Å². The molecule has 2 aliphatic heterocycles. The molecule has 2 aliphatic rings. The first-order valence-corrected chi connectivity index (χ1v) is 13.5. The molecule has 3 heterocycles. The minimum atomic E-state index is -0.733. The van der Waals surface area contributed by atoms with Crippen LogP contribution in [0.5, 0.6) is 28.7 Å². The second-order valence-corrected chi connectivity index (χ2v) is 9.15. The van der Waals surface area contributed by atoms with Crippen molar-refractivity contribution in [3.8, 4) is 40.1 Å². The third-order valence-corrected chi connectivity index (χ3v) is 6.66. The summed E-state index contributed by atoms with van der Waals surface area (Å²) in [6, 6.07) is 8.26. The number of ether oxygens (including phenoxy) is 8. The van der Waals surface area contributed by atoms with Crippen LogP contribution >= 0.6 is 0 Å². The molecule has 0 saturated carbocycles. The molecule has 0 atom stereocenters. The normalized spacial score (nSPS) is 13.1. The van der Waals surface area contributed by atoms with Gasteiger partial charge in [0.05, 0.1) is 37.5 Å². The molecule has 3 aromatic carbocycles. The third-order valence-electron chi connectivity index (χ3n) is 6.66. The summed E-state index contributed by atoms with van der Waals surface area (Å²) in [4.78, 5) is 39.3. The van der Waals surface area contributed by atoms with E-state index in [1.807, 2.05) is 0 Å². The van der Waals surface area contributed by atoms with E-state index < -0.39 is 17.9 Å². The lowest BCUT2D eigenvalue weighted by Crippen LogP contribution is -2.08. The maximum absolute atomic E-state index is 13.7. The van der Waals surface area contributed by atoms with Crippen molar-refractivity contribution in [1.82, 2.24) is 0 Å². The Bertz CT molecular complexity index is 1800. The second kappa shape index (κ2) is 11.5. The van der Waals surface area contributed by atoms with E-state index >= 15 is 0 Å². The molecule has 1 aromatic heterocycles. The Balaban J connectivity index is 1.71. The van der Waals surface area contributed by atoms with Crippen LogP contribution < -0.4 is 23.7 Å². The molecule has 43 heavy (non-hydrogen) atoms. The van der Waals surface area contributed by atoms with E-state index in [2.05, 4.69) is 0 Å². The van der Waals surface area contributed by atoms with Gasteiger partial charge in [-0.2, -0.15) is 0 Å². The predicted molar refractivity (Wildman–Crippen MR) is 150 cm³/mol. The summed E-state index contributed by atoms with van der Waals surface area (Å²) in [7, 11) is 0. The summed E-state index contributed by atoms with van der Waals surface area (Å²) in [6.45, 7) is 5.33. The predicted octanol–water partition coefficient (Wildman–Crippen LogP) is 5.52. The Morgan fingerprint density at radius 3 is 2.02 bits per heavy atom. The molecule has 4 aromatic rings. The fraction of sp³-hybridized carbons (Fsp3) is 0.258. The fourth-order valence-corrected chi connectivity index (χ4v) is 4.93. The number of benzene rings is 3. The second-order valence-electron chi connectivity index (χ2n) is 9.15. The number of hydrogen-bond donors (Lipinski definition) is 0. The minimum absolute atomic E-state index is 0.0000647. The van der Waals surface area contributed by atoms with Crippen LogP contribution in [0.15, 0.2) is 47.1 Å². The smallest absolute Gasteiger partial charge is 0.342 e. The fourth-order valence-electron chi connectivity index (χ4n) is 4.93. The molecule has 0 aliphatic carbocycles. The molecule has 222 valence electrons. The first-order chi connectivity index (χ1) is 20.9. The summed E-state index contributed by atoms with van der Waals surface area (Å²) < 4.78 is 50.4. The van der Waals surface area contributed by atoms with Crippen molar-refractivity contribution in [2.75, 3.05) is 33.4 Å². The summed E-state index contributed by atoms with van der Waals surface area (Å²) in [5.41, 5.74) is 0.467. The van der Waals surface area contributed by atoms with Crippen LogP contribution in [0.2, 0.25) is 0 Å². The molecular weight excluding hydrogens is 564 g/mol. The van der Waals surface area contributed by atoms with Crippen LogP contribution in [0.3, 0.4) is 0 Å². The lowest BCUT2D eigenvalue weighted by Gasteiger charge is -2.13. The molecular formula is C31H26O12. The molecule has 0 spiro atoms. The van der Waals surface area contributed by atoms with E-state index in [-0.39, 0.29) is 67.0 Å². The molecule has 0 fully saturated rings. The number of esters is 3. The summed E-state index contributed by atoms with van der Waals surface area (Å²) in [5.74, 6) is -0.141. The van der Waals surface area contributed by atoms with Gasteiger partial charge in [0.1, 0.15) is 22.6 Å². The minimum Gasteiger partial charge on any atom is -0.463 e. The molecule has 6 rings (SSSR count). The van der Waals surface area contributed by atoms with Gasteiger partial charge in [0, 0.05) is 16.3 Å². The highest BCUT2D eigenvalue weighted by molar-refractivity contribution is 6.24. The van der Waals surface area contributed by atoms with E-state index in [9.17, 15) is 14.4 Å². The number of carbonyl (C=O) groups is 3. The SMILES string of the molecule is CCOC(=O)/C=C/Oc1c2cc3c(cc2c(C(=O)OCC)c2oc(-c4ccc5c(c4)OCO5)c(C(=O)OCC)c12)OCO3. The third kappa shape index (κ3) is 4.90. The van der Waals surface area contributed by atoms with Gasteiger partial charge in [-0.15, -0.1) is 0 Å². The molecule has 12 nitrogen and oxygen atoms in total. The average Bonchev–Trinajstić information content (AvgIpc) is 3.74. The molecule has 12 heteroatoms. The van der Waals surface area contributed by atoms with Gasteiger partial charge in [-0.25, -0.2) is 14.4 Å². The van der Waals surface area contributed by atoms with Crippen molar-refractivity contribution >= 4 is 39.6 Å². The molecule has 0 N–H and O–H groups in total. The average molecular weight is 591 g/mol. The Hall–Kier alpha value is -5.39. The highest BCUT2D eigenvalue weighted by atomic mass is 16.7. The van der Waals surface area contributed by atoms with Gasteiger partial charge in [0.15, 0.2) is 28.6 Å². The van der Waals surface area contributed by atoms with Crippen LogP contribution in [0, 0.1) is 0 Å². The number of furan rings is 1. The Morgan fingerprint density at radius 1 is 0.744 bits per heavy atom. The van der Waals surface area contributed by atoms with E-state index in [0.29, 0.717) is 39.3 Å². The number of hydrogen-bond acceptors (Lipinski definition) is 12. The van der Waals surface area contributed by atoms with Gasteiger partial charge in [0.25, 0.3) is 0 Å². The zero-order valence-electron chi connectivity index (χ0n) is 23.5. The van der Waals surface area contributed by atoms with Crippen LogP contribution in [-0.4, -0.2) is 51.3 Å². The highest BCUT2D eigenvalue weighted by Crippen LogP contribution is 2.50. The first-order valence-electron chi connectivity index (χ1n) is 13.5. The number of fused-ring (bicyclic) bond motifs is 4. The maximum atomic E-state index is 13.7. The molecule has 0 saturated heterocycles. The van der Waals surface area contributed by atoms with Gasteiger partial charge in [-0.05, 0) is 51.1 Å². The van der Waals surface area contributed by atoms with Crippen molar-refractivity contribution in [3.63, 3.8) is 0 Å². The van der Waals surface area contributed by atoms with Gasteiger partial charge < -0.3 is 42.3 Å². The molecule has 0 bridgehead atoms. The highest BCUT2D eigenvalue weighted by Gasteiger charge is 2.34. The summed E-state index contributed by atoms with van der Waals surface area (Å²) in [5, 5.41) is 0.821. The number of rotatable bonds is 9. The van der Waals surface area contributed by atoms with E-state index in [4.69, 9.17) is 42.3 Å². The van der Waals surface area contributed by atoms with E-state index in [1.165, 1.54) is 0 Å². The van der Waals surface area contributed by atoms with Crippen LogP contribution in [0.4, 0.5) is 0 Å². The maximum Gasteiger partial charge on any atom is 0.342 e. The van der Waals surface area contributed by atoms with E-state index in [1.54, 1.807) is 51.1 Å². The Kier molecular flexibility index (Phi) is 7.41.